The van der Waals surface area contributed by atoms with E-state index in [9.17, 15) is 4.79 Å². The van der Waals surface area contributed by atoms with Crippen LogP contribution < -0.4 is 0 Å². The fraction of sp³-hybridized carbons (Fsp3) is 0.364. The van der Waals surface area contributed by atoms with Crippen LogP contribution in [0.3, 0.4) is 0 Å². The molecule has 1 N–H and O–H groups in total. The number of likely N-dealkylation sites (N-methyl/N-ethyl adjacent to an activating group) is 1. The molecule has 0 aliphatic rings. The van der Waals surface area contributed by atoms with E-state index in [1.807, 2.05) is 26.1 Å². The Hall–Kier alpha value is -0.840. The van der Waals surface area contributed by atoms with Crippen molar-refractivity contribution in [2.75, 3.05) is 13.6 Å². The first-order valence-electron chi connectivity index (χ1n) is 4.80. The molecule has 0 radical (unpaired) electrons. The summed E-state index contributed by atoms with van der Waals surface area (Å²) in [4.78, 5) is 13.7. The molecule has 16 heavy (non-hydrogen) atoms. The van der Waals surface area contributed by atoms with Crippen LogP contribution in [0.1, 0.15) is 11.8 Å². The van der Waals surface area contributed by atoms with E-state index in [-0.39, 0.29) is 0 Å². The molecular formula is C11H14ClNO2S. The molecule has 0 aliphatic carbocycles. The number of carboxylic acid groups (broad SMARTS) is 1. The molecule has 0 spiro atoms. The largest absolute Gasteiger partial charge is 0.478 e. The van der Waals surface area contributed by atoms with Gasteiger partial charge in [-0.25, -0.2) is 4.79 Å². The number of carboxylic acids is 1. The molecule has 1 heterocycles. The highest BCUT2D eigenvalue weighted by atomic mass is 35.5. The summed E-state index contributed by atoms with van der Waals surface area (Å²) in [5.41, 5.74) is 0.831. The second kappa shape index (κ2) is 6.03. The van der Waals surface area contributed by atoms with E-state index in [0.717, 1.165) is 16.5 Å². The van der Waals surface area contributed by atoms with Crippen molar-refractivity contribution in [3.8, 4) is 0 Å². The lowest BCUT2D eigenvalue weighted by atomic mass is 10.2. The molecule has 0 unspecified atom stereocenters. The smallest absolute Gasteiger partial charge is 0.328 e. The molecule has 0 bridgehead atoms. The van der Waals surface area contributed by atoms with Crippen molar-refractivity contribution in [1.82, 2.24) is 4.90 Å². The summed E-state index contributed by atoms with van der Waals surface area (Å²) >= 11 is 7.37. The maximum absolute atomic E-state index is 10.4. The van der Waals surface area contributed by atoms with Gasteiger partial charge in [0.15, 0.2) is 0 Å². The molecule has 0 saturated carbocycles. The van der Waals surface area contributed by atoms with Crippen LogP contribution in [0.5, 0.6) is 0 Å². The number of aliphatic carboxylic acids is 1. The van der Waals surface area contributed by atoms with Crippen LogP contribution >= 0.6 is 22.9 Å². The first kappa shape index (κ1) is 13.2. The second-order valence-corrected chi connectivity index (χ2v) is 5.51. The predicted octanol–water partition coefficient (Wildman–Crippen LogP) is 2.86. The van der Waals surface area contributed by atoms with Crippen molar-refractivity contribution in [2.24, 2.45) is 0 Å². The number of halogens is 1. The first-order chi connectivity index (χ1) is 7.47. The third-order valence-corrected chi connectivity index (χ3v) is 3.16. The summed E-state index contributed by atoms with van der Waals surface area (Å²) in [7, 11) is 1.95. The minimum atomic E-state index is -0.898. The molecule has 0 atom stereocenters. The third kappa shape index (κ3) is 4.79. The Kier molecular flexibility index (Phi) is 4.99. The molecule has 1 aromatic heterocycles. The van der Waals surface area contributed by atoms with Gasteiger partial charge < -0.3 is 5.11 Å². The fourth-order valence-corrected chi connectivity index (χ4v) is 2.61. The van der Waals surface area contributed by atoms with Gasteiger partial charge in [-0.2, -0.15) is 0 Å². The Balaban J connectivity index is 2.47. The standard InChI is InChI=1S/C11H14ClNO2S/c1-8(5-11(14)15)6-13(2)7-9-3-4-10(12)16-9/h3-5H,6-7H2,1-2H3,(H,14,15). The number of hydrogen-bond donors (Lipinski definition) is 1. The summed E-state index contributed by atoms with van der Waals surface area (Å²) < 4.78 is 0.779. The van der Waals surface area contributed by atoms with Crippen molar-refractivity contribution in [1.29, 1.82) is 0 Å². The minimum Gasteiger partial charge on any atom is -0.478 e. The van der Waals surface area contributed by atoms with Crippen molar-refractivity contribution in [3.63, 3.8) is 0 Å². The molecule has 0 aromatic carbocycles. The van der Waals surface area contributed by atoms with Gasteiger partial charge in [0, 0.05) is 24.0 Å². The van der Waals surface area contributed by atoms with Gasteiger partial charge >= 0.3 is 5.97 Å². The number of carbonyl (C=O) groups is 1. The number of thiophene rings is 1. The highest BCUT2D eigenvalue weighted by molar-refractivity contribution is 7.16. The van der Waals surface area contributed by atoms with Crippen molar-refractivity contribution < 1.29 is 9.90 Å². The lowest BCUT2D eigenvalue weighted by molar-refractivity contribution is -0.131. The molecule has 1 rings (SSSR count). The molecule has 0 saturated heterocycles. The van der Waals surface area contributed by atoms with Gasteiger partial charge in [-0.3, -0.25) is 4.90 Å². The highest BCUT2D eigenvalue weighted by Gasteiger charge is 2.04. The summed E-state index contributed by atoms with van der Waals surface area (Å²) in [5, 5.41) is 8.58. The van der Waals surface area contributed by atoms with Crippen molar-refractivity contribution in [3.05, 3.63) is 33.0 Å². The van der Waals surface area contributed by atoms with Crippen LogP contribution in [0.25, 0.3) is 0 Å². The summed E-state index contributed by atoms with van der Waals surface area (Å²) in [6.45, 7) is 3.23. The van der Waals surface area contributed by atoms with Crippen LogP contribution in [0, 0.1) is 0 Å². The number of nitrogens with zero attached hydrogens (tertiary/aromatic N) is 1. The minimum absolute atomic E-state index is 0.641. The van der Waals surface area contributed by atoms with E-state index in [2.05, 4.69) is 4.90 Å². The van der Waals surface area contributed by atoms with Crippen molar-refractivity contribution in [2.45, 2.75) is 13.5 Å². The van der Waals surface area contributed by atoms with Crippen molar-refractivity contribution >= 4 is 28.9 Å². The second-order valence-electron chi connectivity index (χ2n) is 3.71. The lowest BCUT2D eigenvalue weighted by Gasteiger charge is -2.15. The van der Waals surface area contributed by atoms with E-state index >= 15 is 0 Å². The predicted molar refractivity (Wildman–Crippen MR) is 67.1 cm³/mol. The Bertz CT molecular complexity index is 400. The van der Waals surface area contributed by atoms with Gasteiger partial charge in [0.1, 0.15) is 0 Å². The average molecular weight is 260 g/mol. The van der Waals surface area contributed by atoms with Gasteiger partial charge in [0.25, 0.3) is 0 Å². The monoisotopic (exact) mass is 259 g/mol. The normalized spacial score (nSPS) is 12.1. The zero-order valence-corrected chi connectivity index (χ0v) is 10.8. The summed E-state index contributed by atoms with van der Waals surface area (Å²) in [6.07, 6.45) is 1.23. The van der Waals surface area contributed by atoms with E-state index in [0.29, 0.717) is 6.54 Å². The van der Waals surface area contributed by atoms with E-state index < -0.39 is 5.97 Å². The Morgan fingerprint density at radius 1 is 1.62 bits per heavy atom. The third-order valence-electron chi connectivity index (χ3n) is 1.94. The summed E-state index contributed by atoms with van der Waals surface area (Å²) in [5.74, 6) is -0.898. The zero-order valence-electron chi connectivity index (χ0n) is 9.24. The topological polar surface area (TPSA) is 40.5 Å². The van der Waals surface area contributed by atoms with E-state index in [4.69, 9.17) is 16.7 Å². The van der Waals surface area contributed by atoms with E-state index in [1.54, 1.807) is 11.3 Å². The molecule has 88 valence electrons. The molecular weight excluding hydrogens is 246 g/mol. The fourth-order valence-electron chi connectivity index (χ4n) is 1.44. The van der Waals surface area contributed by atoms with Crippen LogP contribution in [0.2, 0.25) is 4.34 Å². The van der Waals surface area contributed by atoms with Gasteiger partial charge in [0.2, 0.25) is 0 Å². The Labute approximate surface area is 104 Å². The quantitative estimate of drug-likeness (QED) is 0.827. The van der Waals surface area contributed by atoms with Gasteiger partial charge in [-0.15, -0.1) is 11.3 Å². The van der Waals surface area contributed by atoms with Gasteiger partial charge in [-0.05, 0) is 26.1 Å². The highest BCUT2D eigenvalue weighted by Crippen LogP contribution is 2.22. The zero-order chi connectivity index (χ0) is 12.1. The average Bonchev–Trinajstić information content (AvgIpc) is 2.48. The van der Waals surface area contributed by atoms with E-state index in [1.165, 1.54) is 11.0 Å². The molecule has 0 aliphatic heterocycles. The van der Waals surface area contributed by atoms with Crippen LogP contribution in [-0.2, 0) is 11.3 Å². The number of hydrogen-bond acceptors (Lipinski definition) is 3. The molecule has 5 heteroatoms. The number of rotatable bonds is 5. The first-order valence-corrected chi connectivity index (χ1v) is 5.99. The van der Waals surface area contributed by atoms with Gasteiger partial charge in [0.05, 0.1) is 4.34 Å². The lowest BCUT2D eigenvalue weighted by Crippen LogP contribution is -2.19. The Morgan fingerprint density at radius 3 is 2.81 bits per heavy atom. The molecule has 3 nitrogen and oxygen atoms in total. The summed E-state index contributed by atoms with van der Waals surface area (Å²) in [6, 6.07) is 3.86. The maximum atomic E-state index is 10.4. The SMILES string of the molecule is CC(=CC(=O)O)CN(C)Cc1ccc(Cl)s1. The maximum Gasteiger partial charge on any atom is 0.328 e. The molecule has 1 aromatic rings. The van der Waals surface area contributed by atoms with Crippen LogP contribution in [-0.4, -0.2) is 29.6 Å². The van der Waals surface area contributed by atoms with Crippen LogP contribution in [0.15, 0.2) is 23.8 Å². The molecule has 0 amide bonds. The Morgan fingerprint density at radius 2 is 2.31 bits per heavy atom. The van der Waals surface area contributed by atoms with Gasteiger partial charge in [-0.1, -0.05) is 17.2 Å². The molecule has 0 fully saturated rings. The van der Waals surface area contributed by atoms with Crippen LogP contribution in [0.4, 0.5) is 0 Å².